The lowest BCUT2D eigenvalue weighted by Gasteiger charge is -2.35. The predicted octanol–water partition coefficient (Wildman–Crippen LogP) is 3.54. The summed E-state index contributed by atoms with van der Waals surface area (Å²) in [5, 5.41) is 0. The summed E-state index contributed by atoms with van der Waals surface area (Å²) >= 11 is 0. The Bertz CT molecular complexity index is 986. The van der Waals surface area contributed by atoms with Crippen molar-refractivity contribution in [3.8, 4) is 11.5 Å². The highest BCUT2D eigenvalue weighted by Gasteiger charge is 2.31. The van der Waals surface area contributed by atoms with Crippen LogP contribution in [0.3, 0.4) is 0 Å². The smallest absolute Gasteiger partial charge is 0.246 e. The summed E-state index contributed by atoms with van der Waals surface area (Å²) in [6.45, 7) is 2.68. The number of benzene rings is 2. The number of nitrogens with zero attached hydrogens (tertiary/aromatic N) is 2. The average Bonchev–Trinajstić information content (AvgIpc) is 2.86. The van der Waals surface area contributed by atoms with E-state index < -0.39 is 0 Å². The lowest BCUT2D eigenvalue weighted by atomic mass is 9.93. The van der Waals surface area contributed by atoms with E-state index in [4.69, 9.17) is 9.47 Å². The summed E-state index contributed by atoms with van der Waals surface area (Å²) in [5.41, 5.74) is 3.43. The SMILES string of the molecule is COc1cc(/C=C/C(=O)N2CCC(C(=O)N3CCc4ccccc4C3)CC2)cc(OC)c1. The molecule has 2 aromatic carbocycles. The zero-order valence-electron chi connectivity index (χ0n) is 18.8. The van der Waals surface area contributed by atoms with Crippen LogP contribution in [0.5, 0.6) is 11.5 Å². The Morgan fingerprint density at radius 1 is 0.906 bits per heavy atom. The monoisotopic (exact) mass is 434 g/mol. The largest absolute Gasteiger partial charge is 0.497 e. The zero-order chi connectivity index (χ0) is 22.5. The van der Waals surface area contributed by atoms with E-state index in [1.54, 1.807) is 32.4 Å². The zero-order valence-corrected chi connectivity index (χ0v) is 18.8. The molecule has 1 saturated heterocycles. The molecule has 2 heterocycles. The second-order valence-electron chi connectivity index (χ2n) is 8.36. The number of hydrogen-bond donors (Lipinski definition) is 0. The molecule has 0 atom stereocenters. The first kappa shape index (κ1) is 21.9. The van der Waals surface area contributed by atoms with E-state index in [1.807, 2.05) is 28.0 Å². The van der Waals surface area contributed by atoms with Crippen molar-refractivity contribution >= 4 is 17.9 Å². The number of methoxy groups -OCH3 is 2. The number of fused-ring (bicyclic) bond motifs is 1. The van der Waals surface area contributed by atoms with Gasteiger partial charge in [-0.3, -0.25) is 9.59 Å². The highest BCUT2D eigenvalue weighted by atomic mass is 16.5. The molecule has 2 aliphatic rings. The molecule has 32 heavy (non-hydrogen) atoms. The van der Waals surface area contributed by atoms with E-state index in [0.717, 1.165) is 18.5 Å². The molecule has 0 spiro atoms. The molecule has 0 N–H and O–H groups in total. The number of rotatable bonds is 5. The summed E-state index contributed by atoms with van der Waals surface area (Å²) in [6.07, 6.45) is 5.69. The Labute approximate surface area is 189 Å². The van der Waals surface area contributed by atoms with Gasteiger partial charge in [0.05, 0.1) is 14.2 Å². The average molecular weight is 435 g/mol. The minimum absolute atomic E-state index is 0.00376. The number of carbonyl (C=O) groups is 2. The maximum Gasteiger partial charge on any atom is 0.246 e. The van der Waals surface area contributed by atoms with Crippen molar-refractivity contribution in [2.24, 2.45) is 5.92 Å². The van der Waals surface area contributed by atoms with E-state index in [9.17, 15) is 9.59 Å². The van der Waals surface area contributed by atoms with Crippen molar-refractivity contribution in [2.75, 3.05) is 33.9 Å². The number of amides is 2. The third-order valence-electron chi connectivity index (χ3n) is 6.39. The van der Waals surface area contributed by atoms with Crippen molar-refractivity contribution in [1.82, 2.24) is 9.80 Å². The lowest BCUT2D eigenvalue weighted by molar-refractivity contribution is -0.140. The highest BCUT2D eigenvalue weighted by molar-refractivity contribution is 5.92. The molecule has 2 aliphatic heterocycles. The van der Waals surface area contributed by atoms with Crippen LogP contribution in [-0.2, 0) is 22.6 Å². The lowest BCUT2D eigenvalue weighted by Crippen LogP contribution is -2.45. The number of carbonyl (C=O) groups excluding carboxylic acids is 2. The molecule has 0 bridgehead atoms. The Balaban J connectivity index is 1.31. The molecule has 168 valence electrons. The van der Waals surface area contributed by atoms with E-state index in [-0.39, 0.29) is 17.7 Å². The second kappa shape index (κ2) is 9.90. The Morgan fingerprint density at radius 2 is 1.56 bits per heavy atom. The van der Waals surface area contributed by atoms with Crippen LogP contribution in [-0.4, -0.2) is 55.5 Å². The minimum Gasteiger partial charge on any atom is -0.497 e. The third kappa shape index (κ3) is 4.96. The van der Waals surface area contributed by atoms with E-state index in [2.05, 4.69) is 18.2 Å². The first-order valence-electron chi connectivity index (χ1n) is 11.1. The molecule has 0 unspecified atom stereocenters. The summed E-state index contributed by atoms with van der Waals surface area (Å²) in [4.78, 5) is 29.5. The van der Waals surface area contributed by atoms with Gasteiger partial charge in [-0.15, -0.1) is 0 Å². The molecule has 0 radical (unpaired) electrons. The molecular weight excluding hydrogens is 404 g/mol. The van der Waals surface area contributed by atoms with Crippen LogP contribution in [0, 0.1) is 5.92 Å². The van der Waals surface area contributed by atoms with E-state index in [1.165, 1.54) is 11.1 Å². The molecule has 0 aromatic heterocycles. The van der Waals surface area contributed by atoms with Gasteiger partial charge < -0.3 is 19.3 Å². The van der Waals surface area contributed by atoms with Gasteiger partial charge in [0.2, 0.25) is 11.8 Å². The van der Waals surface area contributed by atoms with Gasteiger partial charge >= 0.3 is 0 Å². The van der Waals surface area contributed by atoms with Crippen LogP contribution in [0.2, 0.25) is 0 Å². The maximum atomic E-state index is 13.1. The second-order valence-corrected chi connectivity index (χ2v) is 8.36. The number of hydrogen-bond acceptors (Lipinski definition) is 4. The Kier molecular flexibility index (Phi) is 6.78. The van der Waals surface area contributed by atoms with Crippen LogP contribution in [0.4, 0.5) is 0 Å². The van der Waals surface area contributed by atoms with Crippen molar-refractivity contribution in [3.05, 3.63) is 65.2 Å². The molecule has 1 fully saturated rings. The predicted molar refractivity (Wildman–Crippen MR) is 123 cm³/mol. The number of likely N-dealkylation sites (tertiary alicyclic amines) is 1. The maximum absolute atomic E-state index is 13.1. The van der Waals surface area contributed by atoms with Gasteiger partial charge in [0.1, 0.15) is 11.5 Å². The third-order valence-corrected chi connectivity index (χ3v) is 6.39. The fourth-order valence-corrected chi connectivity index (χ4v) is 4.49. The number of piperidine rings is 1. The molecule has 6 nitrogen and oxygen atoms in total. The summed E-state index contributed by atoms with van der Waals surface area (Å²) in [5.74, 6) is 1.54. The standard InChI is InChI=1S/C26H30N2O4/c1-31-23-15-19(16-24(17-23)32-2)7-8-25(29)27-12-10-21(11-13-27)26(30)28-14-9-20-5-3-4-6-22(20)18-28/h3-8,15-17,21H,9-14,18H2,1-2H3/b8-7+. The van der Waals surface area contributed by atoms with Crippen molar-refractivity contribution in [3.63, 3.8) is 0 Å². The topological polar surface area (TPSA) is 59.1 Å². The van der Waals surface area contributed by atoms with Gasteiger partial charge in [0.25, 0.3) is 0 Å². The Morgan fingerprint density at radius 3 is 2.22 bits per heavy atom. The van der Waals surface area contributed by atoms with Crippen molar-refractivity contribution in [2.45, 2.75) is 25.8 Å². The fraction of sp³-hybridized carbons (Fsp3) is 0.385. The summed E-state index contributed by atoms with van der Waals surface area (Å²) in [6, 6.07) is 13.9. The molecule has 4 rings (SSSR count). The molecule has 0 saturated carbocycles. The van der Waals surface area contributed by atoms with E-state index >= 15 is 0 Å². The molecule has 6 heteroatoms. The summed E-state index contributed by atoms with van der Waals surface area (Å²) < 4.78 is 10.6. The quantitative estimate of drug-likeness (QED) is 0.676. The molecule has 2 amide bonds. The van der Waals surface area contributed by atoms with E-state index in [0.29, 0.717) is 44.0 Å². The van der Waals surface area contributed by atoms with Gasteiger partial charge in [-0.2, -0.15) is 0 Å². The van der Waals surface area contributed by atoms with Gasteiger partial charge in [-0.25, -0.2) is 0 Å². The summed E-state index contributed by atoms with van der Waals surface area (Å²) in [7, 11) is 3.20. The fourth-order valence-electron chi connectivity index (χ4n) is 4.49. The first-order chi connectivity index (χ1) is 15.6. The van der Waals surface area contributed by atoms with Crippen LogP contribution in [0.15, 0.2) is 48.5 Å². The first-order valence-corrected chi connectivity index (χ1v) is 11.1. The molecule has 2 aromatic rings. The van der Waals surface area contributed by atoms with Gasteiger partial charge in [0, 0.05) is 44.2 Å². The van der Waals surface area contributed by atoms with Gasteiger partial charge in [-0.1, -0.05) is 24.3 Å². The van der Waals surface area contributed by atoms with Crippen molar-refractivity contribution in [1.29, 1.82) is 0 Å². The van der Waals surface area contributed by atoms with Crippen molar-refractivity contribution < 1.29 is 19.1 Å². The molecule has 0 aliphatic carbocycles. The van der Waals surface area contributed by atoms with Gasteiger partial charge in [0.15, 0.2) is 0 Å². The van der Waals surface area contributed by atoms with Crippen LogP contribution < -0.4 is 9.47 Å². The normalized spacial score (nSPS) is 16.7. The van der Waals surface area contributed by atoms with Crippen LogP contribution in [0.1, 0.15) is 29.5 Å². The Hall–Kier alpha value is -3.28. The number of ether oxygens (including phenoxy) is 2. The highest BCUT2D eigenvalue weighted by Crippen LogP contribution is 2.26. The molecular formula is C26H30N2O4. The van der Waals surface area contributed by atoms with Crippen LogP contribution >= 0.6 is 0 Å². The van der Waals surface area contributed by atoms with Crippen LogP contribution in [0.25, 0.3) is 6.08 Å². The minimum atomic E-state index is -0.0374. The van der Waals surface area contributed by atoms with Gasteiger partial charge in [-0.05, 0) is 54.2 Å².